The maximum absolute atomic E-state index is 4.54. The zero-order chi connectivity index (χ0) is 12.8. The third kappa shape index (κ3) is 3.52. The summed E-state index contributed by atoms with van der Waals surface area (Å²) in [6, 6.07) is 14.1. The number of benzene rings is 1. The Morgan fingerprint density at radius 3 is 2.61 bits per heavy atom. The molecule has 0 fully saturated rings. The highest BCUT2D eigenvalue weighted by atomic mass is 14.8. The van der Waals surface area contributed by atoms with Gasteiger partial charge in [0.1, 0.15) is 0 Å². The summed E-state index contributed by atoms with van der Waals surface area (Å²) >= 11 is 0. The van der Waals surface area contributed by atoms with Gasteiger partial charge in [-0.2, -0.15) is 0 Å². The van der Waals surface area contributed by atoms with Gasteiger partial charge in [-0.1, -0.05) is 38.1 Å². The Morgan fingerprint density at radius 1 is 1.11 bits per heavy atom. The smallest absolute Gasteiger partial charge is 0.0812 e. The zero-order valence-corrected chi connectivity index (χ0v) is 10.9. The molecule has 18 heavy (non-hydrogen) atoms. The van der Waals surface area contributed by atoms with Gasteiger partial charge in [0.15, 0.2) is 0 Å². The molecule has 0 saturated carbocycles. The van der Waals surface area contributed by atoms with Gasteiger partial charge in [0, 0.05) is 6.20 Å². The Bertz CT molecular complexity index is 516. The highest BCUT2D eigenvalue weighted by molar-refractivity contribution is 5.79. The maximum atomic E-state index is 4.54. The average molecular weight is 238 g/mol. The molecule has 0 bridgehead atoms. The lowest BCUT2D eigenvalue weighted by Gasteiger charge is -2.07. The van der Waals surface area contributed by atoms with Gasteiger partial charge in [0.05, 0.1) is 17.6 Å². The van der Waals surface area contributed by atoms with Crippen molar-refractivity contribution in [1.29, 1.82) is 0 Å². The molecule has 0 aliphatic heterocycles. The first-order chi connectivity index (χ1) is 8.75. The zero-order valence-electron chi connectivity index (χ0n) is 10.9. The molecule has 92 valence electrons. The molecule has 0 spiro atoms. The second kappa shape index (κ2) is 6.10. The molecule has 0 aliphatic rings. The standard InChI is InChI=1S/C16H18N2/c1-13(2)11-14-7-3-4-9-16(14)18-12-15-8-5-6-10-17-15/h3-10,12-13H,11H2,1-2H3. The van der Waals surface area contributed by atoms with Crippen LogP contribution in [-0.2, 0) is 6.42 Å². The van der Waals surface area contributed by atoms with Crippen molar-refractivity contribution in [3.63, 3.8) is 0 Å². The Morgan fingerprint density at radius 2 is 1.89 bits per heavy atom. The van der Waals surface area contributed by atoms with E-state index in [1.54, 1.807) is 6.20 Å². The van der Waals surface area contributed by atoms with Crippen molar-refractivity contribution in [2.24, 2.45) is 10.9 Å². The second-order valence-corrected chi connectivity index (χ2v) is 4.74. The Hall–Kier alpha value is -1.96. The molecule has 2 heteroatoms. The minimum atomic E-state index is 0.635. The lowest BCUT2D eigenvalue weighted by Crippen LogP contribution is -1.94. The topological polar surface area (TPSA) is 25.2 Å². The fourth-order valence-electron chi connectivity index (χ4n) is 1.84. The first-order valence-corrected chi connectivity index (χ1v) is 6.28. The van der Waals surface area contributed by atoms with Gasteiger partial charge in [-0.15, -0.1) is 0 Å². The fourth-order valence-corrected chi connectivity index (χ4v) is 1.84. The third-order valence-electron chi connectivity index (χ3n) is 2.64. The molecule has 1 aromatic carbocycles. The minimum Gasteiger partial charge on any atom is -0.255 e. The fraction of sp³-hybridized carbons (Fsp3) is 0.250. The molecule has 1 heterocycles. The van der Waals surface area contributed by atoms with E-state index in [9.17, 15) is 0 Å². The van der Waals surface area contributed by atoms with Gasteiger partial charge in [0.25, 0.3) is 0 Å². The van der Waals surface area contributed by atoms with Crippen LogP contribution >= 0.6 is 0 Å². The molecule has 0 unspecified atom stereocenters. The van der Waals surface area contributed by atoms with Crippen LogP contribution in [0.1, 0.15) is 25.1 Å². The summed E-state index contributed by atoms with van der Waals surface area (Å²) in [7, 11) is 0. The molecule has 0 saturated heterocycles. The number of nitrogens with zero attached hydrogens (tertiary/aromatic N) is 2. The number of hydrogen-bond acceptors (Lipinski definition) is 2. The van der Waals surface area contributed by atoms with Crippen molar-refractivity contribution in [3.05, 3.63) is 59.9 Å². The molecule has 0 atom stereocenters. The third-order valence-corrected chi connectivity index (χ3v) is 2.64. The van der Waals surface area contributed by atoms with Crippen LogP contribution in [-0.4, -0.2) is 11.2 Å². The summed E-state index contributed by atoms with van der Waals surface area (Å²) < 4.78 is 0. The van der Waals surface area contributed by atoms with E-state index in [2.05, 4.69) is 42.0 Å². The van der Waals surface area contributed by atoms with Crippen LogP contribution in [0.2, 0.25) is 0 Å². The van der Waals surface area contributed by atoms with E-state index >= 15 is 0 Å². The van der Waals surface area contributed by atoms with Crippen LogP contribution in [0.4, 0.5) is 5.69 Å². The lowest BCUT2D eigenvalue weighted by molar-refractivity contribution is 0.648. The molecule has 0 aliphatic carbocycles. The monoisotopic (exact) mass is 238 g/mol. The summed E-state index contributed by atoms with van der Waals surface area (Å²) in [6.45, 7) is 4.44. The first-order valence-electron chi connectivity index (χ1n) is 6.28. The lowest BCUT2D eigenvalue weighted by atomic mass is 10.0. The van der Waals surface area contributed by atoms with Crippen molar-refractivity contribution in [2.75, 3.05) is 0 Å². The van der Waals surface area contributed by atoms with Crippen LogP contribution in [0, 0.1) is 5.92 Å². The van der Waals surface area contributed by atoms with E-state index in [1.165, 1.54) is 5.56 Å². The summed E-state index contributed by atoms with van der Waals surface area (Å²) in [6.07, 6.45) is 4.65. The molecule has 2 rings (SSSR count). The molecule has 0 amide bonds. The number of para-hydroxylation sites is 1. The predicted octanol–water partition coefficient (Wildman–Crippen LogP) is 4.03. The van der Waals surface area contributed by atoms with Gasteiger partial charge in [-0.3, -0.25) is 9.98 Å². The van der Waals surface area contributed by atoms with Crippen LogP contribution < -0.4 is 0 Å². The van der Waals surface area contributed by atoms with Crippen molar-refractivity contribution in [2.45, 2.75) is 20.3 Å². The molecule has 2 aromatic rings. The number of aromatic nitrogens is 1. The number of aliphatic imine (C=N–C) groups is 1. The van der Waals surface area contributed by atoms with Crippen LogP contribution in [0.5, 0.6) is 0 Å². The Labute approximate surface area is 108 Å². The van der Waals surface area contributed by atoms with Crippen molar-refractivity contribution < 1.29 is 0 Å². The number of hydrogen-bond donors (Lipinski definition) is 0. The molecule has 0 N–H and O–H groups in total. The van der Waals surface area contributed by atoms with Gasteiger partial charge in [-0.25, -0.2) is 0 Å². The summed E-state index contributed by atoms with van der Waals surface area (Å²) in [5.41, 5.74) is 3.22. The normalized spacial score (nSPS) is 11.3. The quantitative estimate of drug-likeness (QED) is 0.738. The number of rotatable bonds is 4. The largest absolute Gasteiger partial charge is 0.255 e. The average Bonchev–Trinajstić information content (AvgIpc) is 2.38. The van der Waals surface area contributed by atoms with Crippen molar-refractivity contribution in [3.8, 4) is 0 Å². The predicted molar refractivity (Wildman–Crippen MR) is 76.5 cm³/mol. The Kier molecular flexibility index (Phi) is 4.24. The maximum Gasteiger partial charge on any atom is 0.0812 e. The van der Waals surface area contributed by atoms with Crippen LogP contribution in [0.25, 0.3) is 0 Å². The summed E-state index contributed by atoms with van der Waals surface area (Å²) in [5, 5.41) is 0. The highest BCUT2D eigenvalue weighted by Gasteiger charge is 2.02. The van der Waals surface area contributed by atoms with Crippen molar-refractivity contribution in [1.82, 2.24) is 4.98 Å². The van der Waals surface area contributed by atoms with E-state index in [0.717, 1.165) is 17.8 Å². The molecular formula is C16H18N2. The number of pyridine rings is 1. The molecule has 1 aromatic heterocycles. The van der Waals surface area contributed by atoms with E-state index in [0.29, 0.717) is 5.92 Å². The first kappa shape index (κ1) is 12.5. The second-order valence-electron chi connectivity index (χ2n) is 4.74. The van der Waals surface area contributed by atoms with Crippen molar-refractivity contribution >= 4 is 11.9 Å². The minimum absolute atomic E-state index is 0.635. The van der Waals surface area contributed by atoms with Gasteiger partial charge >= 0.3 is 0 Å². The SMILES string of the molecule is CC(C)Cc1ccccc1N=Cc1ccccn1. The van der Waals surface area contributed by atoms with E-state index in [1.807, 2.05) is 30.5 Å². The highest BCUT2D eigenvalue weighted by Crippen LogP contribution is 2.21. The summed E-state index contributed by atoms with van der Waals surface area (Å²) in [4.78, 5) is 8.78. The van der Waals surface area contributed by atoms with E-state index in [4.69, 9.17) is 0 Å². The van der Waals surface area contributed by atoms with Crippen LogP contribution in [0.15, 0.2) is 53.7 Å². The van der Waals surface area contributed by atoms with E-state index < -0.39 is 0 Å². The van der Waals surface area contributed by atoms with Gasteiger partial charge in [0.2, 0.25) is 0 Å². The van der Waals surface area contributed by atoms with Gasteiger partial charge in [-0.05, 0) is 36.1 Å². The molecule has 2 nitrogen and oxygen atoms in total. The van der Waals surface area contributed by atoms with Gasteiger partial charge < -0.3 is 0 Å². The van der Waals surface area contributed by atoms with E-state index in [-0.39, 0.29) is 0 Å². The molecular weight excluding hydrogens is 220 g/mol. The molecule has 0 radical (unpaired) electrons. The van der Waals surface area contributed by atoms with Crippen LogP contribution in [0.3, 0.4) is 0 Å². The summed E-state index contributed by atoms with van der Waals surface area (Å²) in [5.74, 6) is 0.635. The Balaban J connectivity index is 2.21.